The smallest absolute Gasteiger partial charge is 0.240 e. The highest BCUT2D eigenvalue weighted by Crippen LogP contribution is 2.23. The Morgan fingerprint density at radius 3 is 2.70 bits per heavy atom. The molecule has 0 atom stereocenters. The SMILES string of the molecule is CCCCC(=O)N1CCc2ccc(S(=O)(=O)NC(C)C)cc2C1. The largest absolute Gasteiger partial charge is 0.338 e. The van der Waals surface area contributed by atoms with Gasteiger partial charge in [-0.05, 0) is 49.9 Å². The van der Waals surface area contributed by atoms with Gasteiger partial charge >= 0.3 is 0 Å². The summed E-state index contributed by atoms with van der Waals surface area (Å²) in [7, 11) is -3.50. The lowest BCUT2D eigenvalue weighted by molar-refractivity contribution is -0.132. The first-order chi connectivity index (χ1) is 10.8. The van der Waals surface area contributed by atoms with Gasteiger partial charge in [0.1, 0.15) is 0 Å². The van der Waals surface area contributed by atoms with Gasteiger partial charge in [0, 0.05) is 25.6 Å². The predicted octanol–water partition coefficient (Wildman–Crippen LogP) is 2.45. The fraction of sp³-hybridized carbons (Fsp3) is 0.588. The highest BCUT2D eigenvalue weighted by atomic mass is 32.2. The summed E-state index contributed by atoms with van der Waals surface area (Å²) in [5, 5.41) is 0. The molecule has 0 spiro atoms. The second-order valence-corrected chi connectivity index (χ2v) is 8.09. The average molecular weight is 338 g/mol. The maximum atomic E-state index is 12.3. The summed E-state index contributed by atoms with van der Waals surface area (Å²) < 4.78 is 27.2. The predicted molar refractivity (Wildman–Crippen MR) is 90.5 cm³/mol. The number of amides is 1. The molecule has 6 heteroatoms. The Morgan fingerprint density at radius 1 is 1.30 bits per heavy atom. The van der Waals surface area contributed by atoms with Gasteiger partial charge < -0.3 is 4.90 Å². The van der Waals surface area contributed by atoms with E-state index in [4.69, 9.17) is 0 Å². The van der Waals surface area contributed by atoms with Gasteiger partial charge in [0.25, 0.3) is 0 Å². The minimum Gasteiger partial charge on any atom is -0.338 e. The number of nitrogens with one attached hydrogen (secondary N) is 1. The molecule has 1 aromatic carbocycles. The summed E-state index contributed by atoms with van der Waals surface area (Å²) in [6.45, 7) is 6.88. The van der Waals surface area contributed by atoms with Crippen molar-refractivity contribution < 1.29 is 13.2 Å². The lowest BCUT2D eigenvalue weighted by Gasteiger charge is -2.29. The number of benzene rings is 1. The summed E-state index contributed by atoms with van der Waals surface area (Å²) in [6, 6.07) is 5.08. The normalized spacial score (nSPS) is 14.9. The first kappa shape index (κ1) is 17.9. The van der Waals surface area contributed by atoms with E-state index in [2.05, 4.69) is 11.6 Å². The minimum atomic E-state index is -3.50. The number of unbranched alkanes of at least 4 members (excludes halogenated alkanes) is 1. The van der Waals surface area contributed by atoms with E-state index in [9.17, 15) is 13.2 Å². The number of hydrogen-bond donors (Lipinski definition) is 1. The molecule has 0 bridgehead atoms. The molecule has 2 rings (SSSR count). The van der Waals surface area contributed by atoms with Crippen molar-refractivity contribution in [1.82, 2.24) is 9.62 Å². The maximum absolute atomic E-state index is 12.3. The molecular formula is C17H26N2O3S. The molecule has 1 aromatic rings. The molecule has 1 aliphatic rings. The van der Waals surface area contributed by atoms with E-state index in [1.807, 2.05) is 11.0 Å². The Morgan fingerprint density at radius 2 is 2.04 bits per heavy atom. The van der Waals surface area contributed by atoms with Gasteiger partial charge in [0.05, 0.1) is 4.90 Å². The first-order valence-corrected chi connectivity index (χ1v) is 9.73. The van der Waals surface area contributed by atoms with Crippen molar-refractivity contribution in [3.05, 3.63) is 29.3 Å². The van der Waals surface area contributed by atoms with Gasteiger partial charge in [-0.3, -0.25) is 4.79 Å². The molecule has 0 aromatic heterocycles. The number of hydrogen-bond acceptors (Lipinski definition) is 3. The quantitative estimate of drug-likeness (QED) is 0.866. The molecule has 0 saturated carbocycles. The van der Waals surface area contributed by atoms with Crippen LogP contribution in [0.3, 0.4) is 0 Å². The van der Waals surface area contributed by atoms with Crippen LogP contribution in [0.4, 0.5) is 0 Å². The van der Waals surface area contributed by atoms with E-state index >= 15 is 0 Å². The fourth-order valence-corrected chi connectivity index (χ4v) is 4.08. The molecule has 5 nitrogen and oxygen atoms in total. The third-order valence-corrected chi connectivity index (χ3v) is 5.64. The molecule has 1 heterocycles. The van der Waals surface area contributed by atoms with Crippen molar-refractivity contribution in [3.63, 3.8) is 0 Å². The van der Waals surface area contributed by atoms with E-state index in [1.54, 1.807) is 26.0 Å². The monoisotopic (exact) mass is 338 g/mol. The molecule has 1 amide bonds. The second kappa shape index (κ2) is 7.45. The minimum absolute atomic E-state index is 0.150. The van der Waals surface area contributed by atoms with Crippen molar-refractivity contribution >= 4 is 15.9 Å². The number of rotatable bonds is 6. The van der Waals surface area contributed by atoms with Crippen molar-refractivity contribution in [1.29, 1.82) is 0 Å². The zero-order valence-electron chi connectivity index (χ0n) is 14.1. The van der Waals surface area contributed by atoms with E-state index < -0.39 is 10.0 Å². The molecule has 0 saturated heterocycles. The van der Waals surface area contributed by atoms with Crippen molar-refractivity contribution in [2.24, 2.45) is 0 Å². The topological polar surface area (TPSA) is 66.5 Å². The molecule has 128 valence electrons. The zero-order valence-corrected chi connectivity index (χ0v) is 14.9. The zero-order chi connectivity index (χ0) is 17.0. The van der Waals surface area contributed by atoms with Crippen molar-refractivity contribution in [2.75, 3.05) is 6.54 Å². The summed E-state index contributed by atoms with van der Waals surface area (Å²) in [5.41, 5.74) is 2.07. The molecule has 0 fully saturated rings. The van der Waals surface area contributed by atoms with Gasteiger partial charge in [-0.1, -0.05) is 19.4 Å². The summed E-state index contributed by atoms with van der Waals surface area (Å²) in [6.07, 6.45) is 3.25. The summed E-state index contributed by atoms with van der Waals surface area (Å²) >= 11 is 0. The standard InChI is InChI=1S/C17H26N2O3S/c1-4-5-6-17(20)19-10-9-14-7-8-16(11-15(14)12-19)23(21,22)18-13(2)3/h7-8,11,13,18H,4-6,9-10,12H2,1-3H3. The van der Waals surface area contributed by atoms with Gasteiger partial charge in [0.2, 0.25) is 15.9 Å². The average Bonchev–Trinajstić information content (AvgIpc) is 2.50. The molecule has 1 aliphatic heterocycles. The Hall–Kier alpha value is -1.40. The van der Waals surface area contributed by atoms with Crippen LogP contribution in [0.5, 0.6) is 0 Å². The van der Waals surface area contributed by atoms with Crippen LogP contribution >= 0.6 is 0 Å². The van der Waals surface area contributed by atoms with Crippen LogP contribution in [0, 0.1) is 0 Å². The van der Waals surface area contributed by atoms with Crippen molar-refractivity contribution in [2.45, 2.75) is 63.9 Å². The highest BCUT2D eigenvalue weighted by molar-refractivity contribution is 7.89. The van der Waals surface area contributed by atoms with Crippen LogP contribution in [0.15, 0.2) is 23.1 Å². The van der Waals surface area contributed by atoms with Crippen LogP contribution in [-0.2, 0) is 27.8 Å². The fourth-order valence-electron chi connectivity index (χ4n) is 2.78. The lowest BCUT2D eigenvalue weighted by Crippen LogP contribution is -2.36. The Labute approximate surface area is 139 Å². The van der Waals surface area contributed by atoms with Gasteiger partial charge in [-0.15, -0.1) is 0 Å². The van der Waals surface area contributed by atoms with Crippen molar-refractivity contribution in [3.8, 4) is 0 Å². The Balaban J connectivity index is 2.19. The second-order valence-electron chi connectivity index (χ2n) is 6.38. The first-order valence-electron chi connectivity index (χ1n) is 8.25. The van der Waals surface area contributed by atoms with E-state index in [-0.39, 0.29) is 16.8 Å². The van der Waals surface area contributed by atoms with E-state index in [0.717, 1.165) is 30.4 Å². The lowest BCUT2D eigenvalue weighted by atomic mass is 9.99. The molecular weight excluding hydrogens is 312 g/mol. The van der Waals surface area contributed by atoms with E-state index in [0.29, 0.717) is 19.5 Å². The highest BCUT2D eigenvalue weighted by Gasteiger charge is 2.23. The third kappa shape index (κ3) is 4.54. The Bertz CT molecular complexity index is 668. The van der Waals surface area contributed by atoms with Gasteiger partial charge in [-0.25, -0.2) is 13.1 Å². The number of carbonyl (C=O) groups excluding carboxylic acids is 1. The molecule has 0 radical (unpaired) electrons. The summed E-state index contributed by atoms with van der Waals surface area (Å²) in [4.78, 5) is 14.3. The number of fused-ring (bicyclic) bond motifs is 1. The molecule has 23 heavy (non-hydrogen) atoms. The third-order valence-electron chi connectivity index (χ3n) is 3.99. The number of carbonyl (C=O) groups is 1. The number of sulfonamides is 1. The van der Waals surface area contributed by atoms with Gasteiger partial charge in [0.15, 0.2) is 0 Å². The Kier molecular flexibility index (Phi) is 5.81. The maximum Gasteiger partial charge on any atom is 0.240 e. The molecule has 1 N–H and O–H groups in total. The van der Waals surface area contributed by atoms with Crippen LogP contribution < -0.4 is 4.72 Å². The molecule has 0 unspecified atom stereocenters. The number of nitrogens with zero attached hydrogens (tertiary/aromatic N) is 1. The van der Waals surface area contributed by atoms with Crippen LogP contribution in [0.2, 0.25) is 0 Å². The van der Waals surface area contributed by atoms with E-state index in [1.165, 1.54) is 0 Å². The van der Waals surface area contributed by atoms with Crippen LogP contribution in [-0.4, -0.2) is 31.8 Å². The molecule has 0 aliphatic carbocycles. The van der Waals surface area contributed by atoms with Gasteiger partial charge in [-0.2, -0.15) is 0 Å². The van der Waals surface area contributed by atoms with Crippen LogP contribution in [0.25, 0.3) is 0 Å². The summed E-state index contributed by atoms with van der Waals surface area (Å²) in [5.74, 6) is 0.158. The van der Waals surface area contributed by atoms with Crippen LogP contribution in [0.1, 0.15) is 51.2 Å².